The zero-order valence-electron chi connectivity index (χ0n) is 23.4. The van der Waals surface area contributed by atoms with Gasteiger partial charge in [0.15, 0.2) is 0 Å². The van der Waals surface area contributed by atoms with Gasteiger partial charge in [-0.1, -0.05) is 42.3 Å². The number of halogens is 2. The third-order valence-electron chi connectivity index (χ3n) is 9.82. The van der Waals surface area contributed by atoms with E-state index in [0.29, 0.717) is 30.5 Å². The van der Waals surface area contributed by atoms with E-state index >= 15 is 0 Å². The van der Waals surface area contributed by atoms with Gasteiger partial charge in [-0.05, 0) is 80.8 Å². The number of fused-ring (bicyclic) bond motifs is 4. The van der Waals surface area contributed by atoms with Crippen molar-refractivity contribution in [2.45, 2.75) is 52.9 Å². The number of hydrogen-bond acceptors (Lipinski definition) is 5. The van der Waals surface area contributed by atoms with Crippen molar-refractivity contribution in [2.75, 3.05) is 11.4 Å². The standard InChI is InChI=1S/C32H32ClFN2O5/c1-5-10-35-28(38)20-8-7-19-21(25(20)30(35)40)14-22-29(39)36(18-6-9-24(34)23(33)13-18)31(41)32(22,4)26(19)17-11-15(2)27(37)16(3)12-17/h6-7,9,11-13,20-22,25-26,37H,5,8,10,14H2,1-4H3. The number of phenols is 1. The maximum atomic E-state index is 14.4. The van der Waals surface area contributed by atoms with Crippen LogP contribution in [-0.2, 0) is 19.2 Å². The van der Waals surface area contributed by atoms with Crippen LogP contribution in [0.5, 0.6) is 5.75 Å². The summed E-state index contributed by atoms with van der Waals surface area (Å²) in [5.74, 6) is -4.60. The lowest BCUT2D eigenvalue weighted by Crippen LogP contribution is -2.49. The largest absolute Gasteiger partial charge is 0.507 e. The molecule has 214 valence electrons. The van der Waals surface area contributed by atoms with Crippen molar-refractivity contribution >= 4 is 40.9 Å². The Labute approximate surface area is 243 Å². The molecule has 6 unspecified atom stereocenters. The van der Waals surface area contributed by atoms with Crippen molar-refractivity contribution in [3.63, 3.8) is 0 Å². The molecule has 4 aliphatic rings. The molecular weight excluding hydrogens is 547 g/mol. The maximum Gasteiger partial charge on any atom is 0.241 e. The Bertz CT molecular complexity index is 1550. The summed E-state index contributed by atoms with van der Waals surface area (Å²) < 4.78 is 14.0. The lowest BCUT2D eigenvalue weighted by molar-refractivity contribution is -0.140. The Morgan fingerprint density at radius 2 is 1.71 bits per heavy atom. The molecule has 0 radical (unpaired) electrons. The Balaban J connectivity index is 1.53. The van der Waals surface area contributed by atoms with Gasteiger partial charge in [0.25, 0.3) is 0 Å². The lowest BCUT2D eigenvalue weighted by Gasteiger charge is -2.49. The van der Waals surface area contributed by atoms with Crippen LogP contribution in [0.25, 0.3) is 0 Å². The normalized spacial score (nSPS) is 30.9. The first-order valence-electron chi connectivity index (χ1n) is 14.1. The number of likely N-dealkylation sites (tertiary alicyclic amines) is 1. The van der Waals surface area contributed by atoms with E-state index in [1.54, 1.807) is 20.8 Å². The van der Waals surface area contributed by atoms with Crippen molar-refractivity contribution in [3.8, 4) is 5.75 Å². The molecule has 0 bridgehead atoms. The number of aromatic hydroxyl groups is 1. The number of carbonyl (C=O) groups excluding carboxylic acids is 4. The molecule has 3 fully saturated rings. The van der Waals surface area contributed by atoms with Crippen molar-refractivity contribution in [3.05, 3.63) is 69.5 Å². The summed E-state index contributed by atoms with van der Waals surface area (Å²) in [6, 6.07) is 7.45. The minimum absolute atomic E-state index is 0.156. The van der Waals surface area contributed by atoms with Crippen LogP contribution in [0.1, 0.15) is 55.7 Å². The molecular formula is C32H32ClFN2O5. The molecule has 41 heavy (non-hydrogen) atoms. The summed E-state index contributed by atoms with van der Waals surface area (Å²) in [4.78, 5) is 58.0. The van der Waals surface area contributed by atoms with E-state index < -0.39 is 52.6 Å². The molecule has 1 saturated carbocycles. The summed E-state index contributed by atoms with van der Waals surface area (Å²) >= 11 is 6.05. The van der Waals surface area contributed by atoms with E-state index in [-0.39, 0.29) is 34.7 Å². The number of nitrogens with zero attached hydrogens (tertiary/aromatic N) is 2. The second-order valence-corrected chi connectivity index (χ2v) is 12.5. The van der Waals surface area contributed by atoms with Gasteiger partial charge in [-0.25, -0.2) is 9.29 Å². The molecule has 2 heterocycles. The first-order valence-corrected chi connectivity index (χ1v) is 14.5. The van der Waals surface area contributed by atoms with Crippen molar-refractivity contribution in [1.29, 1.82) is 0 Å². The molecule has 2 aliphatic heterocycles. The van der Waals surface area contributed by atoms with Crippen molar-refractivity contribution in [2.24, 2.45) is 29.1 Å². The van der Waals surface area contributed by atoms with E-state index in [1.165, 1.54) is 17.0 Å². The average Bonchev–Trinajstić information content (AvgIpc) is 3.28. The Morgan fingerprint density at radius 1 is 1.02 bits per heavy atom. The zero-order chi connectivity index (χ0) is 29.5. The van der Waals surface area contributed by atoms with Crippen molar-refractivity contribution in [1.82, 2.24) is 4.90 Å². The fourth-order valence-corrected chi connectivity index (χ4v) is 8.11. The summed E-state index contributed by atoms with van der Waals surface area (Å²) in [6.07, 6.45) is 3.28. The van der Waals surface area contributed by atoms with E-state index in [0.717, 1.165) is 22.1 Å². The number of anilines is 1. The van der Waals surface area contributed by atoms with Gasteiger partial charge in [0.1, 0.15) is 11.6 Å². The van der Waals surface area contributed by atoms with Crippen LogP contribution >= 0.6 is 11.6 Å². The minimum Gasteiger partial charge on any atom is -0.507 e. The van der Waals surface area contributed by atoms with Crippen LogP contribution in [0.2, 0.25) is 5.02 Å². The predicted octanol–water partition coefficient (Wildman–Crippen LogP) is 5.44. The zero-order valence-corrected chi connectivity index (χ0v) is 24.2. The number of rotatable bonds is 4. The van der Waals surface area contributed by atoms with Crippen LogP contribution in [0, 0.1) is 48.8 Å². The van der Waals surface area contributed by atoms with Gasteiger partial charge < -0.3 is 5.11 Å². The summed E-state index contributed by atoms with van der Waals surface area (Å²) in [7, 11) is 0. The maximum absolute atomic E-state index is 14.4. The number of amides is 4. The molecule has 0 aromatic heterocycles. The van der Waals surface area contributed by atoms with Crippen molar-refractivity contribution < 1.29 is 28.7 Å². The number of benzene rings is 2. The van der Waals surface area contributed by atoms with Crippen LogP contribution < -0.4 is 4.90 Å². The highest BCUT2D eigenvalue weighted by Gasteiger charge is 2.67. The molecule has 7 nitrogen and oxygen atoms in total. The molecule has 2 aromatic carbocycles. The predicted molar refractivity (Wildman–Crippen MR) is 151 cm³/mol. The highest BCUT2D eigenvalue weighted by Crippen LogP contribution is 2.63. The fourth-order valence-electron chi connectivity index (χ4n) is 7.93. The molecule has 6 rings (SSSR count). The molecule has 2 aliphatic carbocycles. The Morgan fingerprint density at radius 3 is 2.34 bits per heavy atom. The summed E-state index contributed by atoms with van der Waals surface area (Å²) in [5.41, 5.74) is 1.89. The second kappa shape index (κ2) is 9.51. The quantitative estimate of drug-likeness (QED) is 0.385. The minimum atomic E-state index is -1.22. The van der Waals surface area contributed by atoms with Gasteiger partial charge >= 0.3 is 0 Å². The number of phenolic OH excluding ortho intramolecular Hbond substituents is 1. The van der Waals surface area contributed by atoms with Gasteiger partial charge in [0.2, 0.25) is 23.6 Å². The number of carbonyl (C=O) groups is 4. The van der Waals surface area contributed by atoms with Gasteiger partial charge in [-0.15, -0.1) is 0 Å². The third kappa shape index (κ3) is 3.75. The molecule has 9 heteroatoms. The van der Waals surface area contributed by atoms with E-state index in [1.807, 2.05) is 25.1 Å². The highest BCUT2D eigenvalue weighted by atomic mass is 35.5. The second-order valence-electron chi connectivity index (χ2n) is 12.1. The van der Waals surface area contributed by atoms with Gasteiger partial charge in [-0.3, -0.25) is 24.1 Å². The topological polar surface area (TPSA) is 95.0 Å². The Hall–Kier alpha value is -3.52. The first-order chi connectivity index (χ1) is 19.4. The number of hydrogen-bond donors (Lipinski definition) is 1. The average molecular weight is 579 g/mol. The summed E-state index contributed by atoms with van der Waals surface area (Å²) in [5, 5.41) is 10.3. The van der Waals surface area contributed by atoms with Crippen LogP contribution in [0.4, 0.5) is 10.1 Å². The summed E-state index contributed by atoms with van der Waals surface area (Å²) in [6.45, 7) is 7.63. The van der Waals surface area contributed by atoms with E-state index in [9.17, 15) is 28.7 Å². The third-order valence-corrected chi connectivity index (χ3v) is 10.1. The number of aryl methyl sites for hydroxylation is 2. The molecule has 2 aromatic rings. The highest BCUT2D eigenvalue weighted by molar-refractivity contribution is 6.31. The van der Waals surface area contributed by atoms with Crippen LogP contribution in [-0.4, -0.2) is 40.2 Å². The van der Waals surface area contributed by atoms with Gasteiger partial charge in [-0.2, -0.15) is 0 Å². The number of imide groups is 2. The molecule has 0 spiro atoms. The van der Waals surface area contributed by atoms with E-state index in [2.05, 4.69) is 0 Å². The molecule has 4 amide bonds. The van der Waals surface area contributed by atoms with Crippen LogP contribution in [0.3, 0.4) is 0 Å². The SMILES string of the molecule is CCCN1C(=O)C2CC=C3C(CC4C(=O)N(c5ccc(F)c(Cl)c5)C(=O)C4(C)C3c3cc(C)c(O)c(C)c3)C2C1=O. The van der Waals surface area contributed by atoms with E-state index in [4.69, 9.17) is 11.6 Å². The smallest absolute Gasteiger partial charge is 0.241 e. The van der Waals surface area contributed by atoms with Crippen LogP contribution in [0.15, 0.2) is 42.0 Å². The monoisotopic (exact) mass is 578 g/mol. The van der Waals surface area contributed by atoms with Gasteiger partial charge in [0, 0.05) is 12.5 Å². The molecule has 6 atom stereocenters. The number of allylic oxidation sites excluding steroid dienone is 2. The lowest BCUT2D eigenvalue weighted by atomic mass is 9.51. The van der Waals surface area contributed by atoms with Gasteiger partial charge in [0.05, 0.1) is 33.9 Å². The molecule has 2 saturated heterocycles. The first kappa shape index (κ1) is 27.6. The fraction of sp³-hybridized carbons (Fsp3) is 0.438. The Kier molecular flexibility index (Phi) is 6.41. The molecule has 1 N–H and O–H groups in total.